The van der Waals surface area contributed by atoms with Gasteiger partial charge in [-0.15, -0.1) is 11.3 Å². The number of alkyl halides is 1. The number of fused-ring (bicyclic) bond motifs is 1. The second kappa shape index (κ2) is 9.13. The topological polar surface area (TPSA) is 72.3 Å². The van der Waals surface area contributed by atoms with Crippen molar-refractivity contribution in [1.82, 2.24) is 19.4 Å². The predicted molar refractivity (Wildman–Crippen MR) is 128 cm³/mol. The molecule has 3 aromatic heterocycles. The smallest absolute Gasteiger partial charge is 0.246 e. The van der Waals surface area contributed by atoms with Crippen molar-refractivity contribution in [1.29, 1.82) is 0 Å². The van der Waals surface area contributed by atoms with Gasteiger partial charge >= 0.3 is 0 Å². The Balaban J connectivity index is 1.47. The molecule has 1 saturated heterocycles. The number of carbonyl (C=O) groups is 1. The van der Waals surface area contributed by atoms with E-state index in [0.717, 1.165) is 27.5 Å². The summed E-state index contributed by atoms with van der Waals surface area (Å²) in [5.41, 5.74) is 0.995. The minimum atomic E-state index is -1.29. The number of thiazole rings is 1. The number of carbonyl (C=O) groups excluding carboxylic acids is 1. The zero-order chi connectivity index (χ0) is 22.9. The lowest BCUT2D eigenvalue weighted by atomic mass is 10.1. The summed E-state index contributed by atoms with van der Waals surface area (Å²) in [5, 5.41) is 4.86. The van der Waals surface area contributed by atoms with Crippen molar-refractivity contribution in [2.45, 2.75) is 51.4 Å². The molecule has 0 unspecified atom stereocenters. The van der Waals surface area contributed by atoms with Gasteiger partial charge < -0.3 is 19.5 Å². The first kappa shape index (κ1) is 21.9. The van der Waals surface area contributed by atoms with Gasteiger partial charge in [0, 0.05) is 29.9 Å². The van der Waals surface area contributed by atoms with Crippen LogP contribution in [-0.4, -0.2) is 50.7 Å². The van der Waals surface area contributed by atoms with E-state index >= 15 is 0 Å². The number of amides is 1. The van der Waals surface area contributed by atoms with E-state index < -0.39 is 12.3 Å². The van der Waals surface area contributed by atoms with Crippen molar-refractivity contribution in [2.24, 2.45) is 5.92 Å². The number of hydrogen-bond acceptors (Lipinski definition) is 6. The van der Waals surface area contributed by atoms with Gasteiger partial charge in [0.2, 0.25) is 11.8 Å². The molecule has 33 heavy (non-hydrogen) atoms. The molecule has 1 amide bonds. The quantitative estimate of drug-likeness (QED) is 0.501. The van der Waals surface area contributed by atoms with Gasteiger partial charge in [-0.2, -0.15) is 4.98 Å². The highest BCUT2D eigenvalue weighted by Gasteiger charge is 2.37. The zero-order valence-electron chi connectivity index (χ0n) is 18.7. The zero-order valence-corrected chi connectivity index (χ0v) is 19.5. The van der Waals surface area contributed by atoms with Crippen molar-refractivity contribution in [2.75, 3.05) is 18.4 Å². The van der Waals surface area contributed by atoms with Gasteiger partial charge in [-0.25, -0.2) is 9.37 Å². The van der Waals surface area contributed by atoms with Gasteiger partial charge in [0.15, 0.2) is 17.4 Å². The molecule has 5 rings (SSSR count). The van der Waals surface area contributed by atoms with Gasteiger partial charge in [-0.3, -0.25) is 4.79 Å². The van der Waals surface area contributed by atoms with E-state index in [1.807, 2.05) is 25.3 Å². The fourth-order valence-corrected chi connectivity index (χ4v) is 5.43. The van der Waals surface area contributed by atoms with Gasteiger partial charge in [0.25, 0.3) is 0 Å². The van der Waals surface area contributed by atoms with Crippen LogP contribution in [0.5, 0.6) is 5.88 Å². The molecule has 174 valence electrons. The van der Waals surface area contributed by atoms with Crippen LogP contribution in [0.25, 0.3) is 10.9 Å². The number of halogens is 1. The molecule has 3 aromatic rings. The van der Waals surface area contributed by atoms with Crippen LogP contribution in [0.3, 0.4) is 0 Å². The fraction of sp³-hybridized carbons (Fsp3) is 0.458. The molecule has 4 heterocycles. The molecule has 2 aliphatic rings. The summed E-state index contributed by atoms with van der Waals surface area (Å²) in [5.74, 6) is 1.35. The number of likely N-dealkylation sites (tertiary alicyclic amines) is 1. The summed E-state index contributed by atoms with van der Waals surface area (Å²) in [6.45, 7) is 6.60. The lowest BCUT2D eigenvalue weighted by molar-refractivity contribution is -0.125. The predicted octanol–water partition coefficient (Wildman–Crippen LogP) is 4.85. The van der Waals surface area contributed by atoms with E-state index in [9.17, 15) is 9.18 Å². The molecule has 0 radical (unpaired) electrons. The van der Waals surface area contributed by atoms with Gasteiger partial charge in [-0.05, 0) is 37.8 Å². The minimum Gasteiger partial charge on any atom is -0.469 e. The Hall–Kier alpha value is -2.94. The Bertz CT molecular complexity index is 1170. The SMILES string of the molecule is C=CC(=O)N1C[C@H](F)[C@H](Oc2nc(Nc3ncc(C)s3)cc3c2ccn3CC2CCCC2)C1. The average molecular weight is 470 g/mol. The van der Waals surface area contributed by atoms with Crippen LogP contribution in [0.4, 0.5) is 15.3 Å². The van der Waals surface area contributed by atoms with E-state index in [1.54, 1.807) is 11.3 Å². The summed E-state index contributed by atoms with van der Waals surface area (Å²) < 4.78 is 23.1. The van der Waals surface area contributed by atoms with Crippen molar-refractivity contribution in [3.63, 3.8) is 0 Å². The number of pyridine rings is 1. The normalized spacial score (nSPS) is 21.1. The third-order valence-corrected chi connectivity index (χ3v) is 7.29. The first-order valence-corrected chi connectivity index (χ1v) is 12.2. The van der Waals surface area contributed by atoms with Gasteiger partial charge in [0.05, 0.1) is 24.0 Å². The van der Waals surface area contributed by atoms with Crippen molar-refractivity contribution < 1.29 is 13.9 Å². The highest BCUT2D eigenvalue weighted by atomic mass is 32.1. The largest absolute Gasteiger partial charge is 0.469 e. The first-order valence-electron chi connectivity index (χ1n) is 11.4. The maximum Gasteiger partial charge on any atom is 0.246 e. The van der Waals surface area contributed by atoms with Crippen LogP contribution in [0.15, 0.2) is 37.2 Å². The Kier molecular flexibility index (Phi) is 6.05. The molecule has 1 N–H and O–H groups in total. The molecule has 0 aromatic carbocycles. The van der Waals surface area contributed by atoms with Crippen LogP contribution >= 0.6 is 11.3 Å². The molecule has 0 spiro atoms. The van der Waals surface area contributed by atoms with Crippen molar-refractivity contribution in [3.05, 3.63) is 42.1 Å². The number of hydrogen-bond donors (Lipinski definition) is 1. The fourth-order valence-electron chi connectivity index (χ4n) is 4.76. The highest BCUT2D eigenvalue weighted by molar-refractivity contribution is 7.15. The number of nitrogens with zero attached hydrogens (tertiary/aromatic N) is 4. The van der Waals surface area contributed by atoms with E-state index in [1.165, 1.54) is 36.7 Å². The van der Waals surface area contributed by atoms with Crippen molar-refractivity contribution in [3.8, 4) is 5.88 Å². The summed E-state index contributed by atoms with van der Waals surface area (Å²) >= 11 is 1.54. The Morgan fingerprint density at radius 1 is 1.39 bits per heavy atom. The summed E-state index contributed by atoms with van der Waals surface area (Å²) in [7, 11) is 0. The lowest BCUT2D eigenvalue weighted by Crippen LogP contribution is -2.30. The number of ether oxygens (including phenoxy) is 1. The van der Waals surface area contributed by atoms with E-state index in [-0.39, 0.29) is 19.0 Å². The van der Waals surface area contributed by atoms with E-state index in [0.29, 0.717) is 17.6 Å². The Morgan fingerprint density at radius 2 is 2.21 bits per heavy atom. The highest BCUT2D eigenvalue weighted by Crippen LogP contribution is 2.34. The number of nitrogens with one attached hydrogen (secondary N) is 1. The van der Waals surface area contributed by atoms with E-state index in [4.69, 9.17) is 4.74 Å². The minimum absolute atomic E-state index is 0.00229. The lowest BCUT2D eigenvalue weighted by Gasteiger charge is -2.17. The monoisotopic (exact) mass is 469 g/mol. The summed E-state index contributed by atoms with van der Waals surface area (Å²) in [6, 6.07) is 3.99. The maximum absolute atomic E-state index is 14.7. The molecule has 1 saturated carbocycles. The van der Waals surface area contributed by atoms with Crippen LogP contribution in [0, 0.1) is 12.8 Å². The number of rotatable bonds is 7. The second-order valence-corrected chi connectivity index (χ2v) is 10.1. The average Bonchev–Trinajstić information content (AvgIpc) is 3.59. The Labute approximate surface area is 196 Å². The van der Waals surface area contributed by atoms with Gasteiger partial charge in [0.1, 0.15) is 5.82 Å². The van der Waals surface area contributed by atoms with E-state index in [2.05, 4.69) is 32.6 Å². The van der Waals surface area contributed by atoms with Crippen LogP contribution in [0.1, 0.15) is 30.6 Å². The van der Waals surface area contributed by atoms with Gasteiger partial charge in [-0.1, -0.05) is 19.4 Å². The molecule has 2 fully saturated rings. The third-order valence-electron chi connectivity index (χ3n) is 6.47. The molecule has 1 aliphatic carbocycles. The number of aryl methyl sites for hydroxylation is 1. The maximum atomic E-state index is 14.7. The molecular weight excluding hydrogens is 441 g/mol. The van der Waals surface area contributed by atoms with Crippen LogP contribution < -0.4 is 10.1 Å². The molecule has 9 heteroatoms. The Morgan fingerprint density at radius 3 is 2.94 bits per heavy atom. The van der Waals surface area contributed by atoms with Crippen LogP contribution in [-0.2, 0) is 11.3 Å². The first-order chi connectivity index (χ1) is 16.0. The van der Waals surface area contributed by atoms with Crippen molar-refractivity contribution >= 4 is 39.1 Å². The molecule has 0 bridgehead atoms. The molecule has 7 nitrogen and oxygen atoms in total. The third kappa shape index (κ3) is 4.59. The number of aromatic nitrogens is 3. The van der Waals surface area contributed by atoms with Crippen LogP contribution in [0.2, 0.25) is 0 Å². The molecule has 2 atom stereocenters. The number of anilines is 2. The summed E-state index contributed by atoms with van der Waals surface area (Å²) in [4.78, 5) is 23.5. The second-order valence-electron chi connectivity index (χ2n) is 8.88. The summed E-state index contributed by atoms with van der Waals surface area (Å²) in [6.07, 6.45) is 8.07. The standard InChI is InChI=1S/C24H28FN5O2S/c1-3-22(31)30-13-18(25)20(14-30)32-23-17-8-9-29(12-16-6-4-5-7-16)19(17)10-21(27-23)28-24-26-11-15(2)33-24/h3,8-11,16,18,20H,1,4-7,12-14H2,2H3,(H,26,27,28)/t18-,20+/m0/s1. The molecular formula is C24H28FN5O2S. The molecule has 1 aliphatic heterocycles.